The lowest BCUT2D eigenvalue weighted by Crippen LogP contribution is -2.55. The molecule has 0 unspecified atom stereocenters. The number of aliphatic hydroxyl groups is 1. The minimum Gasteiger partial charge on any atom is -0.489 e. The van der Waals surface area contributed by atoms with E-state index in [2.05, 4.69) is 15.2 Å². The molecule has 0 saturated heterocycles. The van der Waals surface area contributed by atoms with Crippen molar-refractivity contribution >= 4 is 35.0 Å². The summed E-state index contributed by atoms with van der Waals surface area (Å²) < 4.78 is 5.54. The molecule has 0 bridgehead atoms. The van der Waals surface area contributed by atoms with Crippen LogP contribution < -0.4 is 19.9 Å². The van der Waals surface area contributed by atoms with Crippen molar-refractivity contribution in [3.63, 3.8) is 0 Å². The molecule has 4 rings (SSSR count). The van der Waals surface area contributed by atoms with Gasteiger partial charge in [0, 0.05) is 13.1 Å². The summed E-state index contributed by atoms with van der Waals surface area (Å²) in [4.78, 5) is 37.3. The van der Waals surface area contributed by atoms with Gasteiger partial charge in [0.2, 0.25) is 11.9 Å². The number of carboxylic acids is 1. The molecule has 2 aromatic rings. The van der Waals surface area contributed by atoms with Crippen LogP contribution in [0.5, 0.6) is 5.75 Å². The Labute approximate surface area is 192 Å². The molecule has 10 heteroatoms. The van der Waals surface area contributed by atoms with Crippen LogP contribution in [0.3, 0.4) is 0 Å². The van der Waals surface area contributed by atoms with E-state index in [1.807, 2.05) is 6.92 Å². The Morgan fingerprint density at radius 2 is 2.06 bits per heavy atom. The molecule has 0 radical (unpaired) electrons. The number of carboxylic acid groups (broad SMARTS) is 1. The molecule has 0 spiro atoms. The van der Waals surface area contributed by atoms with E-state index in [0.29, 0.717) is 29.6 Å². The molecule has 1 aliphatic heterocycles. The number of amides is 1. The third-order valence-electron chi connectivity index (χ3n) is 6.24. The first-order chi connectivity index (χ1) is 15.9. The van der Waals surface area contributed by atoms with Crippen molar-refractivity contribution in [1.29, 1.82) is 0 Å². The first-order valence-electron chi connectivity index (χ1n) is 11.3. The number of nitrogens with one attached hydrogen (secondary N) is 1. The van der Waals surface area contributed by atoms with Crippen LogP contribution in [0.15, 0.2) is 24.4 Å². The number of aromatic carboxylic acids is 1. The van der Waals surface area contributed by atoms with Gasteiger partial charge in [0.25, 0.3) is 0 Å². The highest BCUT2D eigenvalue weighted by atomic mass is 16.5. The molecule has 2 aliphatic rings. The highest BCUT2D eigenvalue weighted by molar-refractivity contribution is 6.04. The Hall–Kier alpha value is -3.40. The van der Waals surface area contributed by atoms with E-state index in [1.54, 1.807) is 24.2 Å². The second-order valence-corrected chi connectivity index (χ2v) is 8.28. The van der Waals surface area contributed by atoms with Gasteiger partial charge >= 0.3 is 5.97 Å². The van der Waals surface area contributed by atoms with Crippen LogP contribution >= 0.6 is 0 Å². The van der Waals surface area contributed by atoms with Gasteiger partial charge in [0.15, 0.2) is 5.82 Å². The normalized spacial score (nSPS) is 18.4. The third kappa shape index (κ3) is 4.43. The molecule has 2 heterocycles. The smallest absolute Gasteiger partial charge is 0.335 e. The number of carbonyl (C=O) groups excluding carboxylic acids is 1. The van der Waals surface area contributed by atoms with Crippen molar-refractivity contribution in [1.82, 2.24) is 9.97 Å². The molecule has 1 saturated carbocycles. The topological polar surface area (TPSA) is 128 Å². The van der Waals surface area contributed by atoms with Gasteiger partial charge in [-0.2, -0.15) is 4.98 Å². The molecule has 1 aliphatic carbocycles. The summed E-state index contributed by atoms with van der Waals surface area (Å²) in [5.41, 5.74) is 1.21. The summed E-state index contributed by atoms with van der Waals surface area (Å²) >= 11 is 0. The van der Waals surface area contributed by atoms with E-state index >= 15 is 0 Å². The fraction of sp³-hybridized carbons (Fsp3) is 0.478. The third-order valence-corrected chi connectivity index (χ3v) is 6.24. The lowest BCUT2D eigenvalue weighted by Gasteiger charge is -2.43. The van der Waals surface area contributed by atoms with Crippen LogP contribution in [-0.2, 0) is 4.79 Å². The number of hydrogen-bond donors (Lipinski definition) is 3. The number of likely N-dealkylation sites (N-methyl/N-ethyl adjacent to an activating group) is 1. The Balaban J connectivity index is 1.71. The SMILES string of the molecule is CC[C@@H]1C(=O)N(C)c2cnc(Nc3ccc(C(=O)O)cc3OCCO)nc2N1C1CCCC1. The van der Waals surface area contributed by atoms with Gasteiger partial charge in [-0.05, 0) is 37.5 Å². The van der Waals surface area contributed by atoms with Crippen molar-refractivity contribution in [2.45, 2.75) is 51.1 Å². The number of fused-ring (bicyclic) bond motifs is 1. The number of benzene rings is 1. The first kappa shape index (κ1) is 22.8. The maximum Gasteiger partial charge on any atom is 0.335 e. The zero-order chi connectivity index (χ0) is 23.5. The van der Waals surface area contributed by atoms with E-state index < -0.39 is 5.97 Å². The van der Waals surface area contributed by atoms with E-state index in [0.717, 1.165) is 25.7 Å². The van der Waals surface area contributed by atoms with E-state index in [-0.39, 0.29) is 42.5 Å². The van der Waals surface area contributed by atoms with Gasteiger partial charge in [-0.1, -0.05) is 19.8 Å². The van der Waals surface area contributed by atoms with Gasteiger partial charge in [-0.25, -0.2) is 9.78 Å². The molecule has 1 fully saturated rings. The summed E-state index contributed by atoms with van der Waals surface area (Å²) in [7, 11) is 1.75. The van der Waals surface area contributed by atoms with E-state index in [9.17, 15) is 14.7 Å². The minimum absolute atomic E-state index is 0.0172. The fourth-order valence-corrected chi connectivity index (χ4v) is 4.60. The summed E-state index contributed by atoms with van der Waals surface area (Å²) in [6, 6.07) is 4.42. The number of hydrogen-bond acceptors (Lipinski definition) is 8. The monoisotopic (exact) mass is 455 g/mol. The largest absolute Gasteiger partial charge is 0.489 e. The molecule has 1 aromatic heterocycles. The van der Waals surface area contributed by atoms with Crippen LogP contribution in [0.2, 0.25) is 0 Å². The van der Waals surface area contributed by atoms with Crippen molar-refractivity contribution in [3.05, 3.63) is 30.0 Å². The van der Waals surface area contributed by atoms with Crippen molar-refractivity contribution in [2.24, 2.45) is 0 Å². The van der Waals surface area contributed by atoms with Gasteiger partial charge in [0.1, 0.15) is 24.1 Å². The Morgan fingerprint density at radius 1 is 1.30 bits per heavy atom. The number of carbonyl (C=O) groups is 2. The van der Waals surface area contributed by atoms with Crippen LogP contribution in [0.1, 0.15) is 49.4 Å². The van der Waals surface area contributed by atoms with Crippen molar-refractivity contribution in [3.8, 4) is 5.75 Å². The number of ether oxygens (including phenoxy) is 1. The maximum atomic E-state index is 13.0. The summed E-state index contributed by atoms with van der Waals surface area (Å²) in [5, 5.41) is 21.5. The zero-order valence-electron chi connectivity index (χ0n) is 18.8. The summed E-state index contributed by atoms with van der Waals surface area (Å²) in [6.45, 7) is 1.82. The fourth-order valence-electron chi connectivity index (χ4n) is 4.60. The molecular formula is C23H29N5O5. The zero-order valence-corrected chi connectivity index (χ0v) is 18.8. The molecule has 33 heavy (non-hydrogen) atoms. The van der Waals surface area contributed by atoms with Gasteiger partial charge in [-0.3, -0.25) is 4.79 Å². The number of anilines is 4. The second kappa shape index (κ2) is 9.62. The second-order valence-electron chi connectivity index (χ2n) is 8.28. The highest BCUT2D eigenvalue weighted by Crippen LogP contribution is 2.40. The van der Waals surface area contributed by atoms with Gasteiger partial charge < -0.3 is 30.1 Å². The maximum absolute atomic E-state index is 13.0. The lowest BCUT2D eigenvalue weighted by molar-refractivity contribution is -0.120. The quantitative estimate of drug-likeness (QED) is 0.550. The van der Waals surface area contributed by atoms with Crippen molar-refractivity contribution < 1.29 is 24.5 Å². The average molecular weight is 456 g/mol. The van der Waals surface area contributed by atoms with Crippen LogP contribution in [0.25, 0.3) is 0 Å². The molecule has 176 valence electrons. The molecule has 3 N–H and O–H groups in total. The average Bonchev–Trinajstić information content (AvgIpc) is 3.34. The molecular weight excluding hydrogens is 426 g/mol. The first-order valence-corrected chi connectivity index (χ1v) is 11.3. The number of rotatable bonds is 8. The molecule has 1 atom stereocenters. The minimum atomic E-state index is -1.08. The Morgan fingerprint density at radius 3 is 2.73 bits per heavy atom. The standard InChI is InChI=1S/C23H29N5O5/c1-3-17-21(30)27(2)18-13-24-23(26-20(18)28(17)15-6-4-5-7-15)25-16-9-8-14(22(31)32)12-19(16)33-11-10-29/h8-9,12-13,15,17,29H,3-7,10-11H2,1-2H3,(H,31,32)(H,24,25,26)/t17-/m1/s1. The van der Waals surface area contributed by atoms with Gasteiger partial charge in [0.05, 0.1) is 24.1 Å². The number of nitrogens with zero attached hydrogens (tertiary/aromatic N) is 4. The summed E-state index contributed by atoms with van der Waals surface area (Å²) in [5.74, 6) is 0.271. The Bertz CT molecular complexity index is 1040. The number of aromatic nitrogens is 2. The molecule has 1 aromatic carbocycles. The summed E-state index contributed by atoms with van der Waals surface area (Å²) in [6.07, 6.45) is 6.63. The lowest BCUT2D eigenvalue weighted by atomic mass is 10.0. The Kier molecular flexibility index (Phi) is 6.64. The molecule has 10 nitrogen and oxygen atoms in total. The van der Waals surface area contributed by atoms with E-state index in [4.69, 9.17) is 14.8 Å². The number of aliphatic hydroxyl groups excluding tert-OH is 1. The molecule has 1 amide bonds. The van der Waals surface area contributed by atoms with Crippen molar-refractivity contribution in [2.75, 3.05) is 35.4 Å². The van der Waals surface area contributed by atoms with Crippen LogP contribution in [-0.4, -0.2) is 64.4 Å². The van der Waals surface area contributed by atoms with E-state index in [1.165, 1.54) is 12.1 Å². The predicted molar refractivity (Wildman–Crippen MR) is 124 cm³/mol. The highest BCUT2D eigenvalue weighted by Gasteiger charge is 2.41. The van der Waals surface area contributed by atoms with Crippen LogP contribution in [0.4, 0.5) is 23.1 Å². The van der Waals surface area contributed by atoms with Crippen LogP contribution in [0, 0.1) is 0 Å². The van der Waals surface area contributed by atoms with Gasteiger partial charge in [-0.15, -0.1) is 0 Å². The predicted octanol–water partition coefficient (Wildman–Crippen LogP) is 2.79.